The van der Waals surface area contributed by atoms with Gasteiger partial charge in [0.1, 0.15) is 5.82 Å². The van der Waals surface area contributed by atoms with E-state index in [1.807, 2.05) is 0 Å². The van der Waals surface area contributed by atoms with E-state index in [2.05, 4.69) is 5.32 Å². The van der Waals surface area contributed by atoms with Crippen molar-refractivity contribution in [2.24, 2.45) is 5.92 Å². The van der Waals surface area contributed by atoms with Crippen LogP contribution in [0, 0.1) is 11.7 Å². The molecule has 1 aliphatic heterocycles. The average molecular weight is 264 g/mol. The molecule has 0 bridgehead atoms. The number of rotatable bonds is 3. The van der Waals surface area contributed by atoms with Crippen molar-refractivity contribution in [3.8, 4) is 0 Å². The van der Waals surface area contributed by atoms with Crippen LogP contribution in [0.25, 0.3) is 0 Å². The van der Waals surface area contributed by atoms with Crippen LogP contribution in [0.3, 0.4) is 0 Å². The lowest BCUT2D eigenvalue weighted by Crippen LogP contribution is -2.39. The van der Waals surface area contributed by atoms with E-state index in [0.717, 1.165) is 0 Å². The summed E-state index contributed by atoms with van der Waals surface area (Å²) in [6.45, 7) is 3.99. The zero-order valence-electron chi connectivity index (χ0n) is 11.0. The van der Waals surface area contributed by atoms with Gasteiger partial charge in [0.2, 0.25) is 11.8 Å². The highest BCUT2D eigenvalue weighted by Gasteiger charge is 2.31. The monoisotopic (exact) mass is 264 g/mol. The number of nitrogens with one attached hydrogen (secondary N) is 1. The highest BCUT2D eigenvalue weighted by Crippen LogP contribution is 2.22. The first-order valence-corrected chi connectivity index (χ1v) is 6.33. The molecule has 1 aromatic carbocycles. The molecule has 1 fully saturated rings. The average Bonchev–Trinajstić information content (AvgIpc) is 2.70. The molecular weight excluding hydrogens is 247 g/mol. The molecular formula is C14H17FN2O2. The van der Waals surface area contributed by atoms with Crippen LogP contribution in [-0.2, 0) is 9.59 Å². The Kier molecular flexibility index (Phi) is 3.83. The number of benzene rings is 1. The second kappa shape index (κ2) is 5.38. The molecule has 0 saturated carbocycles. The van der Waals surface area contributed by atoms with Gasteiger partial charge in [-0.1, -0.05) is 19.9 Å². The van der Waals surface area contributed by atoms with Crippen LogP contribution in [0.5, 0.6) is 0 Å². The minimum Gasteiger partial charge on any atom is -0.351 e. The number of hydrogen-bond acceptors (Lipinski definition) is 2. The zero-order valence-corrected chi connectivity index (χ0v) is 11.0. The van der Waals surface area contributed by atoms with E-state index in [4.69, 9.17) is 0 Å². The van der Waals surface area contributed by atoms with Gasteiger partial charge in [0.25, 0.3) is 0 Å². The zero-order chi connectivity index (χ0) is 14.0. The van der Waals surface area contributed by atoms with Crippen LogP contribution in [0.15, 0.2) is 24.3 Å². The summed E-state index contributed by atoms with van der Waals surface area (Å²) in [4.78, 5) is 25.0. The Balaban J connectivity index is 2.06. The fourth-order valence-corrected chi connectivity index (χ4v) is 2.07. The summed E-state index contributed by atoms with van der Waals surface area (Å²) in [7, 11) is 0. The van der Waals surface area contributed by atoms with Crippen molar-refractivity contribution in [2.75, 3.05) is 11.4 Å². The third-order valence-electron chi connectivity index (χ3n) is 3.12. The summed E-state index contributed by atoms with van der Waals surface area (Å²) in [5, 5.41) is 2.83. The number of carbonyl (C=O) groups excluding carboxylic acids is 2. The first-order valence-electron chi connectivity index (χ1n) is 6.33. The summed E-state index contributed by atoms with van der Waals surface area (Å²) >= 11 is 0. The lowest BCUT2D eigenvalue weighted by molar-refractivity contribution is -0.124. The maximum Gasteiger partial charge on any atom is 0.229 e. The molecule has 0 aliphatic carbocycles. The third kappa shape index (κ3) is 3.10. The fraction of sp³-hybridized carbons (Fsp3) is 0.429. The Morgan fingerprint density at radius 3 is 2.84 bits per heavy atom. The maximum atomic E-state index is 13.2. The lowest BCUT2D eigenvalue weighted by atomic mass is 10.2. The molecule has 5 heteroatoms. The second-order valence-corrected chi connectivity index (χ2v) is 5.05. The van der Waals surface area contributed by atoms with E-state index in [0.29, 0.717) is 12.2 Å². The van der Waals surface area contributed by atoms with E-state index < -0.39 is 0 Å². The largest absolute Gasteiger partial charge is 0.351 e. The van der Waals surface area contributed by atoms with Crippen molar-refractivity contribution in [2.45, 2.75) is 26.3 Å². The van der Waals surface area contributed by atoms with Crippen molar-refractivity contribution in [1.29, 1.82) is 0 Å². The number of carbonyl (C=O) groups is 2. The first-order chi connectivity index (χ1) is 8.97. The van der Waals surface area contributed by atoms with Crippen molar-refractivity contribution < 1.29 is 14.0 Å². The Bertz CT molecular complexity index is 502. The quantitative estimate of drug-likeness (QED) is 0.903. The number of hydrogen-bond donors (Lipinski definition) is 1. The summed E-state index contributed by atoms with van der Waals surface area (Å²) < 4.78 is 13.2. The van der Waals surface area contributed by atoms with Gasteiger partial charge in [0.15, 0.2) is 0 Å². The topological polar surface area (TPSA) is 49.4 Å². The van der Waals surface area contributed by atoms with Crippen LogP contribution in [0.1, 0.15) is 20.3 Å². The summed E-state index contributed by atoms with van der Waals surface area (Å²) in [5.74, 6) is -0.656. The van der Waals surface area contributed by atoms with Crippen molar-refractivity contribution >= 4 is 17.5 Å². The lowest BCUT2D eigenvalue weighted by Gasteiger charge is -2.17. The summed E-state index contributed by atoms with van der Waals surface area (Å²) in [6.07, 6.45) is 0.259. The Labute approximate surface area is 111 Å². The molecule has 1 aliphatic rings. The Hall–Kier alpha value is -1.91. The standard InChI is InChI=1S/C14H17FN2O2/c1-9(2)14(19)16-11-7-13(18)17(8-11)12-5-3-4-10(15)6-12/h3-6,9,11H,7-8H2,1-2H3,(H,16,19). The van der Waals surface area contributed by atoms with Gasteiger partial charge in [-0.15, -0.1) is 0 Å². The highest BCUT2D eigenvalue weighted by molar-refractivity contribution is 5.96. The van der Waals surface area contributed by atoms with Crippen molar-refractivity contribution in [3.63, 3.8) is 0 Å². The van der Waals surface area contributed by atoms with Gasteiger partial charge in [0.05, 0.1) is 6.04 Å². The summed E-state index contributed by atoms with van der Waals surface area (Å²) in [6, 6.07) is 5.71. The van der Waals surface area contributed by atoms with E-state index >= 15 is 0 Å². The van der Waals surface area contributed by atoms with E-state index in [1.54, 1.807) is 26.0 Å². The van der Waals surface area contributed by atoms with E-state index in [-0.39, 0.29) is 36.0 Å². The molecule has 1 aromatic rings. The minimum atomic E-state index is -0.375. The van der Waals surface area contributed by atoms with Gasteiger partial charge in [-0.05, 0) is 18.2 Å². The van der Waals surface area contributed by atoms with Crippen LogP contribution in [0.2, 0.25) is 0 Å². The minimum absolute atomic E-state index is 0.0705. The predicted octanol–water partition coefficient (Wildman–Crippen LogP) is 1.70. The molecule has 0 radical (unpaired) electrons. The second-order valence-electron chi connectivity index (χ2n) is 5.05. The molecule has 19 heavy (non-hydrogen) atoms. The molecule has 1 saturated heterocycles. The summed E-state index contributed by atoms with van der Waals surface area (Å²) in [5.41, 5.74) is 0.534. The molecule has 4 nitrogen and oxygen atoms in total. The molecule has 1 N–H and O–H groups in total. The molecule has 1 unspecified atom stereocenters. The van der Waals surface area contributed by atoms with Gasteiger partial charge < -0.3 is 10.2 Å². The molecule has 0 aromatic heterocycles. The SMILES string of the molecule is CC(C)C(=O)NC1CC(=O)N(c2cccc(F)c2)C1. The molecule has 1 heterocycles. The van der Waals surface area contributed by atoms with Gasteiger partial charge in [-0.3, -0.25) is 9.59 Å². The molecule has 102 valence electrons. The molecule has 1 atom stereocenters. The molecule has 2 rings (SSSR count). The Morgan fingerprint density at radius 1 is 1.47 bits per heavy atom. The molecule has 0 spiro atoms. The van der Waals surface area contributed by atoms with Crippen molar-refractivity contribution in [3.05, 3.63) is 30.1 Å². The number of nitrogens with zero attached hydrogens (tertiary/aromatic N) is 1. The number of amides is 2. The predicted molar refractivity (Wildman–Crippen MR) is 70.1 cm³/mol. The van der Waals surface area contributed by atoms with Crippen LogP contribution < -0.4 is 10.2 Å². The maximum absolute atomic E-state index is 13.2. The smallest absolute Gasteiger partial charge is 0.229 e. The van der Waals surface area contributed by atoms with Gasteiger partial charge in [0, 0.05) is 24.6 Å². The normalized spacial score (nSPS) is 19.1. The van der Waals surface area contributed by atoms with Crippen LogP contribution >= 0.6 is 0 Å². The van der Waals surface area contributed by atoms with Gasteiger partial charge >= 0.3 is 0 Å². The van der Waals surface area contributed by atoms with E-state index in [9.17, 15) is 14.0 Å². The van der Waals surface area contributed by atoms with Gasteiger partial charge in [-0.2, -0.15) is 0 Å². The number of halogens is 1. The fourth-order valence-electron chi connectivity index (χ4n) is 2.07. The Morgan fingerprint density at radius 2 is 2.21 bits per heavy atom. The van der Waals surface area contributed by atoms with Gasteiger partial charge in [-0.25, -0.2) is 4.39 Å². The molecule has 2 amide bonds. The highest BCUT2D eigenvalue weighted by atomic mass is 19.1. The number of anilines is 1. The third-order valence-corrected chi connectivity index (χ3v) is 3.12. The van der Waals surface area contributed by atoms with E-state index in [1.165, 1.54) is 17.0 Å². The van der Waals surface area contributed by atoms with Crippen LogP contribution in [0.4, 0.5) is 10.1 Å². The van der Waals surface area contributed by atoms with Crippen molar-refractivity contribution in [1.82, 2.24) is 5.32 Å². The van der Waals surface area contributed by atoms with Crippen LogP contribution in [-0.4, -0.2) is 24.4 Å². The first kappa shape index (κ1) is 13.5.